The molecule has 32 heavy (non-hydrogen) atoms. The van der Waals surface area contributed by atoms with Gasteiger partial charge < -0.3 is 14.7 Å². The van der Waals surface area contributed by atoms with Crippen LogP contribution < -0.4 is 11.2 Å². The number of H-pyrrole nitrogens is 2. The number of aromatic nitrogens is 5. The topological polar surface area (TPSA) is 133 Å². The lowest BCUT2D eigenvalue weighted by molar-refractivity contribution is 0.459. The minimum atomic E-state index is -0.562. The van der Waals surface area contributed by atoms with Crippen LogP contribution in [0.25, 0.3) is 22.1 Å². The molecular formula is C22H19N7O3. The number of aromatic amines is 2. The number of rotatable bonds is 5. The van der Waals surface area contributed by atoms with E-state index in [2.05, 4.69) is 25.2 Å². The van der Waals surface area contributed by atoms with Crippen LogP contribution in [0.1, 0.15) is 5.56 Å². The van der Waals surface area contributed by atoms with Gasteiger partial charge in [-0.05, 0) is 18.1 Å². The Morgan fingerprint density at radius 3 is 2.56 bits per heavy atom. The quantitative estimate of drug-likeness (QED) is 0.370. The van der Waals surface area contributed by atoms with E-state index >= 15 is 0 Å². The predicted octanol–water partition coefficient (Wildman–Crippen LogP) is 3.27. The fourth-order valence-corrected chi connectivity index (χ4v) is 3.71. The van der Waals surface area contributed by atoms with Crippen molar-refractivity contribution in [2.24, 2.45) is 17.3 Å². The normalized spacial score (nSPS) is 11.8. The van der Waals surface area contributed by atoms with Gasteiger partial charge >= 0.3 is 5.69 Å². The summed E-state index contributed by atoms with van der Waals surface area (Å²) in [5.74, 6) is 0.0412. The van der Waals surface area contributed by atoms with E-state index < -0.39 is 11.2 Å². The summed E-state index contributed by atoms with van der Waals surface area (Å²) in [6.45, 7) is 0.399. The largest absolute Gasteiger partial charge is 0.493 e. The predicted molar refractivity (Wildman–Crippen MR) is 120 cm³/mol. The maximum Gasteiger partial charge on any atom is 0.329 e. The zero-order valence-electron chi connectivity index (χ0n) is 17.1. The van der Waals surface area contributed by atoms with Crippen molar-refractivity contribution in [3.05, 3.63) is 81.0 Å². The SMILES string of the molecule is Cn1c(=O)[nH]c(=O)c2c1nc(N=Nc1c(O)[nH]c3ccccc13)n2CCc1ccccc1. The average molecular weight is 429 g/mol. The molecule has 0 aliphatic heterocycles. The van der Waals surface area contributed by atoms with Gasteiger partial charge in [0.1, 0.15) is 0 Å². The monoisotopic (exact) mass is 429 g/mol. The zero-order chi connectivity index (χ0) is 22.2. The van der Waals surface area contributed by atoms with Crippen molar-refractivity contribution in [1.82, 2.24) is 24.1 Å². The number of hydrogen-bond acceptors (Lipinski definition) is 6. The average Bonchev–Trinajstić information content (AvgIpc) is 3.32. The van der Waals surface area contributed by atoms with Crippen LogP contribution in [-0.2, 0) is 20.0 Å². The van der Waals surface area contributed by atoms with E-state index in [1.807, 2.05) is 54.6 Å². The van der Waals surface area contributed by atoms with Gasteiger partial charge in [-0.1, -0.05) is 48.5 Å². The van der Waals surface area contributed by atoms with E-state index in [9.17, 15) is 14.7 Å². The summed E-state index contributed by atoms with van der Waals surface area (Å²) < 4.78 is 2.90. The molecule has 3 aromatic heterocycles. The van der Waals surface area contributed by atoms with Crippen LogP contribution in [0, 0.1) is 0 Å². The maximum absolute atomic E-state index is 12.6. The van der Waals surface area contributed by atoms with E-state index in [0.29, 0.717) is 18.4 Å². The highest BCUT2D eigenvalue weighted by Crippen LogP contribution is 2.36. The highest BCUT2D eigenvalue weighted by atomic mass is 16.3. The number of para-hydroxylation sites is 1. The van der Waals surface area contributed by atoms with Crippen LogP contribution in [0.4, 0.5) is 11.6 Å². The lowest BCUT2D eigenvalue weighted by atomic mass is 10.1. The number of azo groups is 1. The van der Waals surface area contributed by atoms with Crippen molar-refractivity contribution in [2.75, 3.05) is 0 Å². The van der Waals surface area contributed by atoms with Crippen LogP contribution in [0.15, 0.2) is 74.4 Å². The molecule has 3 N–H and O–H groups in total. The fraction of sp³-hybridized carbons (Fsp3) is 0.136. The Labute approximate surface area is 180 Å². The van der Waals surface area contributed by atoms with Gasteiger partial charge in [0.05, 0.1) is 5.52 Å². The molecule has 0 aliphatic carbocycles. The molecule has 0 radical (unpaired) electrons. The van der Waals surface area contributed by atoms with Gasteiger partial charge in [0, 0.05) is 19.0 Å². The van der Waals surface area contributed by atoms with E-state index in [4.69, 9.17) is 0 Å². The first-order valence-corrected chi connectivity index (χ1v) is 9.98. The molecule has 10 heteroatoms. The van der Waals surface area contributed by atoms with Gasteiger partial charge in [-0.25, -0.2) is 4.79 Å². The molecule has 0 amide bonds. The lowest BCUT2D eigenvalue weighted by Crippen LogP contribution is -2.29. The van der Waals surface area contributed by atoms with Crippen molar-refractivity contribution in [1.29, 1.82) is 0 Å². The van der Waals surface area contributed by atoms with E-state index in [0.717, 1.165) is 11.1 Å². The maximum atomic E-state index is 12.6. The smallest absolute Gasteiger partial charge is 0.329 e. The molecule has 10 nitrogen and oxygen atoms in total. The second-order valence-electron chi connectivity index (χ2n) is 7.36. The summed E-state index contributed by atoms with van der Waals surface area (Å²) in [5.41, 5.74) is 1.41. The van der Waals surface area contributed by atoms with Crippen LogP contribution in [-0.4, -0.2) is 29.2 Å². The fourth-order valence-electron chi connectivity index (χ4n) is 3.71. The van der Waals surface area contributed by atoms with Crippen LogP contribution in [0.5, 0.6) is 5.88 Å². The van der Waals surface area contributed by atoms with Crippen molar-refractivity contribution in [3.63, 3.8) is 0 Å². The number of aryl methyl sites for hydroxylation is 3. The number of benzene rings is 2. The van der Waals surface area contributed by atoms with Crippen molar-refractivity contribution in [3.8, 4) is 5.88 Å². The van der Waals surface area contributed by atoms with Gasteiger partial charge in [-0.3, -0.25) is 14.3 Å². The molecule has 160 valence electrons. The second-order valence-corrected chi connectivity index (χ2v) is 7.36. The molecule has 3 heterocycles. The van der Waals surface area contributed by atoms with Gasteiger partial charge in [0.25, 0.3) is 11.5 Å². The summed E-state index contributed by atoms with van der Waals surface area (Å²) >= 11 is 0. The third-order valence-corrected chi connectivity index (χ3v) is 5.35. The lowest BCUT2D eigenvalue weighted by Gasteiger charge is -2.06. The number of nitrogens with zero attached hydrogens (tertiary/aromatic N) is 5. The Morgan fingerprint density at radius 1 is 1.00 bits per heavy atom. The standard InChI is InChI=1S/C22H19N7O3/c1-28-18-17(20(31)25-22(28)32)29(12-11-13-7-3-2-4-8-13)21(24-18)27-26-16-14-9-5-6-10-15(14)23-19(16)30/h2-10,23,30H,11-12H2,1H3,(H,25,31,32). The molecule has 2 aromatic carbocycles. The number of hydrogen-bond donors (Lipinski definition) is 3. The van der Waals surface area contributed by atoms with Crippen molar-refractivity contribution >= 4 is 33.7 Å². The minimum absolute atomic E-state index is 0.118. The molecule has 0 saturated carbocycles. The molecule has 0 fully saturated rings. The Hall–Kier alpha value is -4.47. The summed E-state index contributed by atoms with van der Waals surface area (Å²) in [6, 6.07) is 17.1. The van der Waals surface area contributed by atoms with Gasteiger partial charge in [0.15, 0.2) is 16.9 Å². The Morgan fingerprint density at radius 2 is 1.75 bits per heavy atom. The third-order valence-electron chi connectivity index (χ3n) is 5.35. The van der Waals surface area contributed by atoms with E-state index in [1.54, 1.807) is 4.57 Å². The van der Waals surface area contributed by atoms with Crippen molar-refractivity contribution < 1.29 is 5.11 Å². The zero-order valence-corrected chi connectivity index (χ0v) is 17.1. The highest BCUT2D eigenvalue weighted by Gasteiger charge is 2.18. The molecular weight excluding hydrogens is 410 g/mol. The Kier molecular flexibility index (Phi) is 4.66. The second kappa shape index (κ2) is 7.65. The first-order chi connectivity index (χ1) is 15.5. The molecule has 0 aliphatic rings. The Bertz CT molecular complexity index is 1590. The van der Waals surface area contributed by atoms with Crippen molar-refractivity contribution in [2.45, 2.75) is 13.0 Å². The third kappa shape index (κ3) is 3.27. The molecule has 0 unspecified atom stereocenters. The summed E-state index contributed by atoms with van der Waals surface area (Å²) in [7, 11) is 1.53. The van der Waals surface area contributed by atoms with E-state index in [1.165, 1.54) is 11.6 Å². The molecule has 0 bridgehead atoms. The van der Waals surface area contributed by atoms with Gasteiger partial charge in [-0.15, -0.1) is 10.2 Å². The molecule has 5 aromatic rings. The van der Waals surface area contributed by atoms with E-state index in [-0.39, 0.29) is 28.7 Å². The number of imidazole rings is 1. The summed E-state index contributed by atoms with van der Waals surface area (Å²) in [6.07, 6.45) is 0.620. The van der Waals surface area contributed by atoms with Crippen LogP contribution >= 0.6 is 0 Å². The minimum Gasteiger partial charge on any atom is -0.493 e. The molecule has 0 atom stereocenters. The van der Waals surface area contributed by atoms with Crippen LogP contribution in [0.3, 0.4) is 0 Å². The first kappa shape index (κ1) is 19.5. The molecule has 5 rings (SSSR count). The molecule has 0 spiro atoms. The number of fused-ring (bicyclic) bond motifs is 2. The highest BCUT2D eigenvalue weighted by molar-refractivity contribution is 5.94. The molecule has 0 saturated heterocycles. The Balaban J connectivity index is 1.64. The number of aromatic hydroxyl groups is 1. The summed E-state index contributed by atoms with van der Waals surface area (Å²) in [5, 5.41) is 19.4. The summed E-state index contributed by atoms with van der Waals surface area (Å²) in [4.78, 5) is 34.2. The van der Waals surface area contributed by atoms with Crippen LogP contribution in [0.2, 0.25) is 0 Å². The van der Waals surface area contributed by atoms with Gasteiger partial charge in [-0.2, -0.15) is 4.98 Å². The first-order valence-electron chi connectivity index (χ1n) is 9.98. The van der Waals surface area contributed by atoms with Gasteiger partial charge in [0.2, 0.25) is 5.88 Å². The number of nitrogens with one attached hydrogen (secondary N) is 2.